The number of halogens is 1. The van der Waals surface area contributed by atoms with Crippen molar-refractivity contribution in [2.24, 2.45) is 0 Å². The van der Waals surface area contributed by atoms with E-state index in [-0.39, 0.29) is 12.5 Å². The smallest absolute Gasteiger partial charge is 0.323 e. The van der Waals surface area contributed by atoms with Gasteiger partial charge in [-0.3, -0.25) is 9.59 Å². The molecular formula is C13H16ClNO3. The van der Waals surface area contributed by atoms with E-state index in [1.165, 1.54) is 4.90 Å². The van der Waals surface area contributed by atoms with Gasteiger partial charge in [0.2, 0.25) is 0 Å². The molecule has 4 nitrogen and oxygen atoms in total. The second-order valence-corrected chi connectivity index (χ2v) is 4.57. The molecule has 0 saturated carbocycles. The minimum absolute atomic E-state index is 0.293. The van der Waals surface area contributed by atoms with Gasteiger partial charge in [-0.1, -0.05) is 18.5 Å². The summed E-state index contributed by atoms with van der Waals surface area (Å²) in [6, 6.07) is 5.01. The summed E-state index contributed by atoms with van der Waals surface area (Å²) in [5, 5.41) is 9.27. The topological polar surface area (TPSA) is 57.6 Å². The Morgan fingerprint density at radius 3 is 2.50 bits per heavy atom. The lowest BCUT2D eigenvalue weighted by Gasteiger charge is -2.20. The second kappa shape index (κ2) is 6.40. The van der Waals surface area contributed by atoms with Crippen LogP contribution in [0.5, 0.6) is 0 Å². The number of hydrogen-bond donors (Lipinski definition) is 1. The molecule has 0 aromatic heterocycles. The molecule has 18 heavy (non-hydrogen) atoms. The number of hydrogen-bond acceptors (Lipinski definition) is 2. The lowest BCUT2D eigenvalue weighted by molar-refractivity contribution is -0.137. The molecule has 0 radical (unpaired) electrons. The fraction of sp³-hybridized carbons (Fsp3) is 0.385. The molecule has 0 aliphatic rings. The standard InChI is InChI=1S/C13H16ClNO3/c1-3-4-15(8-12(16)17)13(18)10-5-9(2)6-11(14)7-10/h5-7H,3-4,8H2,1-2H3,(H,16,17). The molecule has 1 N–H and O–H groups in total. The largest absolute Gasteiger partial charge is 0.480 e. The minimum atomic E-state index is -1.02. The third-order valence-corrected chi connectivity index (χ3v) is 2.61. The number of carbonyl (C=O) groups is 2. The van der Waals surface area contributed by atoms with Crippen molar-refractivity contribution >= 4 is 23.5 Å². The number of carboxylic acids is 1. The average molecular weight is 270 g/mol. The van der Waals surface area contributed by atoms with Crippen molar-refractivity contribution < 1.29 is 14.7 Å². The Morgan fingerprint density at radius 1 is 1.33 bits per heavy atom. The molecule has 0 aliphatic heterocycles. The highest BCUT2D eigenvalue weighted by Crippen LogP contribution is 2.16. The molecule has 98 valence electrons. The summed E-state index contributed by atoms with van der Waals surface area (Å²) in [4.78, 5) is 24.2. The summed E-state index contributed by atoms with van der Waals surface area (Å²) in [7, 11) is 0. The number of amides is 1. The molecule has 5 heteroatoms. The van der Waals surface area contributed by atoms with Gasteiger partial charge in [0.05, 0.1) is 0 Å². The van der Waals surface area contributed by atoms with Crippen LogP contribution in [0.1, 0.15) is 29.3 Å². The van der Waals surface area contributed by atoms with Crippen molar-refractivity contribution in [3.63, 3.8) is 0 Å². The molecule has 0 heterocycles. The Kier molecular flexibility index (Phi) is 5.16. The Morgan fingerprint density at radius 2 is 2.00 bits per heavy atom. The third-order valence-electron chi connectivity index (χ3n) is 2.40. The number of benzene rings is 1. The molecule has 1 aromatic rings. The molecule has 1 rings (SSSR count). The molecule has 0 atom stereocenters. The van der Waals surface area contributed by atoms with E-state index in [4.69, 9.17) is 16.7 Å². The predicted molar refractivity (Wildman–Crippen MR) is 70.0 cm³/mol. The molecule has 0 unspecified atom stereocenters. The van der Waals surface area contributed by atoms with E-state index in [2.05, 4.69) is 0 Å². The Bertz CT molecular complexity index is 439. The van der Waals surface area contributed by atoms with E-state index in [0.717, 1.165) is 5.56 Å². The molecule has 1 aromatic carbocycles. The van der Waals surface area contributed by atoms with Crippen LogP contribution in [0.4, 0.5) is 0 Å². The molecular weight excluding hydrogens is 254 g/mol. The van der Waals surface area contributed by atoms with Gasteiger partial charge in [-0.25, -0.2) is 0 Å². The van der Waals surface area contributed by atoms with Gasteiger partial charge in [0, 0.05) is 17.1 Å². The average Bonchev–Trinajstić information content (AvgIpc) is 2.25. The first-order valence-electron chi connectivity index (χ1n) is 5.72. The van der Waals surface area contributed by atoms with Gasteiger partial charge in [-0.2, -0.15) is 0 Å². The van der Waals surface area contributed by atoms with E-state index >= 15 is 0 Å². The number of nitrogens with zero attached hydrogens (tertiary/aromatic N) is 1. The summed E-state index contributed by atoms with van der Waals surface area (Å²) in [5.41, 5.74) is 1.30. The van der Waals surface area contributed by atoms with E-state index in [1.807, 2.05) is 13.8 Å². The lowest BCUT2D eigenvalue weighted by atomic mass is 10.1. The van der Waals surface area contributed by atoms with E-state index < -0.39 is 5.97 Å². The zero-order valence-electron chi connectivity index (χ0n) is 10.4. The Hall–Kier alpha value is -1.55. The maximum atomic E-state index is 12.2. The maximum absolute atomic E-state index is 12.2. The highest BCUT2D eigenvalue weighted by molar-refractivity contribution is 6.31. The number of rotatable bonds is 5. The number of aryl methyl sites for hydroxylation is 1. The van der Waals surface area contributed by atoms with Crippen LogP contribution in [-0.4, -0.2) is 35.0 Å². The molecule has 0 bridgehead atoms. The molecule has 0 spiro atoms. The summed E-state index contributed by atoms with van der Waals surface area (Å²) in [5.74, 6) is -1.32. The van der Waals surface area contributed by atoms with Crippen molar-refractivity contribution in [2.75, 3.05) is 13.1 Å². The number of aliphatic carboxylic acids is 1. The monoisotopic (exact) mass is 269 g/mol. The predicted octanol–water partition coefficient (Wildman–Crippen LogP) is 2.59. The molecule has 0 saturated heterocycles. The van der Waals surface area contributed by atoms with Gasteiger partial charge in [0.15, 0.2) is 0 Å². The highest BCUT2D eigenvalue weighted by atomic mass is 35.5. The Labute approximate surface area is 111 Å². The summed E-state index contributed by atoms with van der Waals surface area (Å²) >= 11 is 5.89. The summed E-state index contributed by atoms with van der Waals surface area (Å²) in [6.45, 7) is 3.85. The van der Waals surface area contributed by atoms with E-state index in [9.17, 15) is 9.59 Å². The van der Waals surface area contributed by atoms with Crippen molar-refractivity contribution in [3.05, 3.63) is 34.3 Å². The van der Waals surface area contributed by atoms with E-state index in [1.54, 1.807) is 18.2 Å². The summed E-state index contributed by atoms with van der Waals surface area (Å²) in [6.07, 6.45) is 0.707. The lowest BCUT2D eigenvalue weighted by Crippen LogP contribution is -2.36. The van der Waals surface area contributed by atoms with Gasteiger partial charge in [0.25, 0.3) is 5.91 Å². The normalized spacial score (nSPS) is 10.2. The maximum Gasteiger partial charge on any atom is 0.323 e. The zero-order valence-corrected chi connectivity index (χ0v) is 11.2. The van der Waals surface area contributed by atoms with Crippen LogP contribution in [0.15, 0.2) is 18.2 Å². The van der Waals surface area contributed by atoms with Crippen LogP contribution in [0.3, 0.4) is 0 Å². The van der Waals surface area contributed by atoms with Crippen LogP contribution in [0, 0.1) is 6.92 Å². The number of carboxylic acid groups (broad SMARTS) is 1. The Balaban J connectivity index is 2.97. The van der Waals surface area contributed by atoms with Crippen LogP contribution >= 0.6 is 11.6 Å². The van der Waals surface area contributed by atoms with Crippen LogP contribution in [0.2, 0.25) is 5.02 Å². The minimum Gasteiger partial charge on any atom is -0.480 e. The fourth-order valence-corrected chi connectivity index (χ4v) is 2.02. The van der Waals surface area contributed by atoms with Gasteiger partial charge in [-0.05, 0) is 37.1 Å². The van der Waals surface area contributed by atoms with Gasteiger partial charge in [0.1, 0.15) is 6.54 Å². The highest BCUT2D eigenvalue weighted by Gasteiger charge is 2.18. The molecule has 0 aliphatic carbocycles. The number of carbonyl (C=O) groups excluding carboxylic acids is 1. The van der Waals surface area contributed by atoms with Crippen LogP contribution in [-0.2, 0) is 4.79 Å². The third kappa shape index (κ3) is 4.04. The van der Waals surface area contributed by atoms with Crippen LogP contribution in [0.25, 0.3) is 0 Å². The van der Waals surface area contributed by atoms with Crippen molar-refractivity contribution in [1.29, 1.82) is 0 Å². The first kappa shape index (κ1) is 14.5. The SMILES string of the molecule is CCCN(CC(=O)O)C(=O)c1cc(C)cc(Cl)c1. The van der Waals surface area contributed by atoms with Crippen molar-refractivity contribution in [3.8, 4) is 0 Å². The van der Waals surface area contributed by atoms with Gasteiger partial charge >= 0.3 is 5.97 Å². The second-order valence-electron chi connectivity index (χ2n) is 4.14. The fourth-order valence-electron chi connectivity index (χ4n) is 1.73. The van der Waals surface area contributed by atoms with Gasteiger partial charge < -0.3 is 10.0 Å². The van der Waals surface area contributed by atoms with Gasteiger partial charge in [-0.15, -0.1) is 0 Å². The van der Waals surface area contributed by atoms with E-state index in [0.29, 0.717) is 23.6 Å². The van der Waals surface area contributed by atoms with Crippen molar-refractivity contribution in [2.45, 2.75) is 20.3 Å². The first-order chi connectivity index (χ1) is 8.43. The van der Waals surface area contributed by atoms with Crippen LogP contribution < -0.4 is 0 Å². The quantitative estimate of drug-likeness (QED) is 0.894. The molecule has 1 amide bonds. The summed E-state index contributed by atoms with van der Waals surface area (Å²) < 4.78 is 0. The zero-order chi connectivity index (χ0) is 13.7. The first-order valence-corrected chi connectivity index (χ1v) is 6.10. The molecule has 0 fully saturated rings. The van der Waals surface area contributed by atoms with Crippen molar-refractivity contribution in [1.82, 2.24) is 4.90 Å².